The maximum atomic E-state index is 13.0. The van der Waals surface area contributed by atoms with E-state index in [0.717, 1.165) is 21.2 Å². The number of ether oxygens (including phenoxy) is 1. The fourth-order valence-electron chi connectivity index (χ4n) is 2.79. The summed E-state index contributed by atoms with van der Waals surface area (Å²) in [6, 6.07) is 19.9. The highest BCUT2D eigenvalue weighted by Gasteiger charge is 2.20. The number of benzene rings is 2. The minimum atomic E-state index is -0.239. The number of rotatable bonds is 7. The molecule has 0 radical (unpaired) electrons. The van der Waals surface area contributed by atoms with Crippen molar-refractivity contribution in [2.45, 2.75) is 10.6 Å². The molecule has 0 aliphatic rings. The number of nitrogens with zero attached hydrogens (tertiary/aromatic N) is 2. The molecular formula is C23H19N3O3S2. The maximum absolute atomic E-state index is 13.0. The van der Waals surface area contributed by atoms with E-state index in [1.807, 2.05) is 42.5 Å². The van der Waals surface area contributed by atoms with Gasteiger partial charge in [0.2, 0.25) is 0 Å². The van der Waals surface area contributed by atoms with Crippen LogP contribution >= 0.6 is 23.1 Å². The number of carbonyl (C=O) groups is 1. The summed E-state index contributed by atoms with van der Waals surface area (Å²) in [5.41, 5.74) is 1.61. The van der Waals surface area contributed by atoms with E-state index in [1.165, 1.54) is 11.3 Å². The number of anilines is 1. The summed E-state index contributed by atoms with van der Waals surface area (Å²) < 4.78 is 5.23. The van der Waals surface area contributed by atoms with Gasteiger partial charge in [0.25, 0.3) is 5.91 Å². The van der Waals surface area contributed by atoms with E-state index in [0.29, 0.717) is 22.1 Å². The number of aromatic nitrogens is 2. The number of phenolic OH excluding ortho intramolecular Hbond substituents is 1. The summed E-state index contributed by atoms with van der Waals surface area (Å²) in [6.07, 6.45) is 1.63. The van der Waals surface area contributed by atoms with Gasteiger partial charge in [-0.3, -0.25) is 4.79 Å². The minimum Gasteiger partial charge on any atom is -0.508 e. The van der Waals surface area contributed by atoms with Gasteiger partial charge in [0.1, 0.15) is 27.2 Å². The number of phenols is 1. The third kappa shape index (κ3) is 5.22. The van der Waals surface area contributed by atoms with Gasteiger partial charge in [0, 0.05) is 22.4 Å². The lowest BCUT2D eigenvalue weighted by Gasteiger charge is -2.04. The molecule has 2 N–H and O–H groups in total. The van der Waals surface area contributed by atoms with Crippen molar-refractivity contribution in [2.75, 3.05) is 12.4 Å². The van der Waals surface area contributed by atoms with Crippen molar-refractivity contribution in [3.8, 4) is 22.1 Å². The minimum absolute atomic E-state index is 0.218. The van der Waals surface area contributed by atoms with Crippen molar-refractivity contribution >= 4 is 34.8 Å². The third-order valence-corrected chi connectivity index (χ3v) is 6.53. The van der Waals surface area contributed by atoms with E-state index >= 15 is 0 Å². The molecule has 1 amide bonds. The Balaban J connectivity index is 1.62. The fourth-order valence-corrected chi connectivity index (χ4v) is 4.70. The topological polar surface area (TPSA) is 84.3 Å². The number of nitrogens with one attached hydrogen (secondary N) is 1. The molecule has 2 heterocycles. The predicted molar refractivity (Wildman–Crippen MR) is 124 cm³/mol. The Morgan fingerprint density at radius 3 is 2.55 bits per heavy atom. The summed E-state index contributed by atoms with van der Waals surface area (Å²) in [7, 11) is 1.62. The molecule has 0 spiro atoms. The van der Waals surface area contributed by atoms with Crippen molar-refractivity contribution in [1.29, 1.82) is 0 Å². The molecular weight excluding hydrogens is 430 g/mol. The molecule has 0 saturated heterocycles. The zero-order chi connectivity index (χ0) is 21.6. The van der Waals surface area contributed by atoms with Gasteiger partial charge in [-0.15, -0.1) is 23.1 Å². The molecule has 0 bridgehead atoms. The van der Waals surface area contributed by atoms with Crippen molar-refractivity contribution < 1.29 is 14.6 Å². The first-order valence-corrected chi connectivity index (χ1v) is 11.2. The van der Waals surface area contributed by atoms with Crippen LogP contribution in [0.15, 0.2) is 77.8 Å². The lowest BCUT2D eigenvalue weighted by Crippen LogP contribution is -2.13. The molecule has 156 valence electrons. The number of amides is 1. The lowest BCUT2D eigenvalue weighted by atomic mass is 10.2. The SMILES string of the molecule is COc1ccc(-c2nc(CSc3ccc(O)cc3)c(C(=O)Nc3ccccn3)s2)cc1. The number of methoxy groups -OCH3 is 1. The second kappa shape index (κ2) is 9.63. The smallest absolute Gasteiger partial charge is 0.268 e. The molecule has 31 heavy (non-hydrogen) atoms. The van der Waals surface area contributed by atoms with Gasteiger partial charge in [-0.25, -0.2) is 9.97 Å². The van der Waals surface area contributed by atoms with Crippen molar-refractivity contribution in [3.05, 3.63) is 83.5 Å². The molecule has 2 aromatic carbocycles. The number of thioether (sulfide) groups is 1. The average Bonchev–Trinajstić information content (AvgIpc) is 3.24. The average molecular weight is 450 g/mol. The number of hydrogen-bond acceptors (Lipinski definition) is 7. The van der Waals surface area contributed by atoms with Crippen LogP contribution in [0.1, 0.15) is 15.4 Å². The standard InChI is InChI=1S/C23H19N3O3S2/c1-29-17-9-5-15(6-10-17)23-25-19(14-30-18-11-7-16(27)8-12-18)21(31-23)22(28)26-20-4-2-3-13-24-20/h2-13,27H,14H2,1H3,(H,24,26,28). The number of hydrogen-bond donors (Lipinski definition) is 2. The van der Waals surface area contributed by atoms with E-state index in [4.69, 9.17) is 9.72 Å². The zero-order valence-electron chi connectivity index (χ0n) is 16.6. The molecule has 0 unspecified atom stereocenters. The van der Waals surface area contributed by atoms with Crippen LogP contribution in [-0.4, -0.2) is 28.1 Å². The molecule has 0 aliphatic carbocycles. The van der Waals surface area contributed by atoms with E-state index in [9.17, 15) is 9.90 Å². The first kappa shape index (κ1) is 20.9. The van der Waals surface area contributed by atoms with Crippen LogP contribution in [0.25, 0.3) is 10.6 Å². The highest BCUT2D eigenvalue weighted by Crippen LogP contribution is 2.33. The normalized spacial score (nSPS) is 10.6. The molecule has 0 atom stereocenters. The van der Waals surface area contributed by atoms with Gasteiger partial charge in [0.05, 0.1) is 12.8 Å². The fraction of sp³-hybridized carbons (Fsp3) is 0.0870. The Morgan fingerprint density at radius 2 is 1.87 bits per heavy atom. The Morgan fingerprint density at radius 1 is 1.10 bits per heavy atom. The maximum Gasteiger partial charge on any atom is 0.268 e. The van der Waals surface area contributed by atoms with E-state index in [1.54, 1.807) is 49.3 Å². The molecule has 6 nitrogen and oxygen atoms in total. The highest BCUT2D eigenvalue weighted by atomic mass is 32.2. The van der Waals surface area contributed by atoms with E-state index < -0.39 is 0 Å². The van der Waals surface area contributed by atoms with Gasteiger partial charge in [-0.2, -0.15) is 0 Å². The van der Waals surface area contributed by atoms with Crippen LogP contribution in [0.4, 0.5) is 5.82 Å². The first-order chi connectivity index (χ1) is 15.1. The van der Waals surface area contributed by atoms with Crippen LogP contribution in [-0.2, 0) is 5.75 Å². The Labute approximate surface area is 188 Å². The highest BCUT2D eigenvalue weighted by molar-refractivity contribution is 7.98. The largest absolute Gasteiger partial charge is 0.508 e. The van der Waals surface area contributed by atoms with Gasteiger partial charge >= 0.3 is 0 Å². The van der Waals surface area contributed by atoms with Crippen molar-refractivity contribution in [3.63, 3.8) is 0 Å². The molecule has 4 rings (SSSR count). The summed E-state index contributed by atoms with van der Waals surface area (Å²) in [5, 5.41) is 13.1. The number of thiazole rings is 1. The molecule has 2 aromatic heterocycles. The zero-order valence-corrected chi connectivity index (χ0v) is 18.2. The molecule has 0 fully saturated rings. The van der Waals surface area contributed by atoms with Gasteiger partial charge in [-0.05, 0) is 60.7 Å². The number of aromatic hydroxyl groups is 1. The summed E-state index contributed by atoms with van der Waals surface area (Å²) in [4.78, 5) is 23.4. The first-order valence-electron chi connectivity index (χ1n) is 9.41. The quantitative estimate of drug-likeness (QED) is 0.364. The van der Waals surface area contributed by atoms with E-state index in [-0.39, 0.29) is 11.7 Å². The second-order valence-electron chi connectivity index (χ2n) is 6.48. The Hall–Kier alpha value is -3.36. The van der Waals surface area contributed by atoms with Crippen LogP contribution in [0.2, 0.25) is 0 Å². The molecule has 0 saturated carbocycles. The summed E-state index contributed by atoms with van der Waals surface area (Å²) in [5.74, 6) is 1.75. The van der Waals surface area contributed by atoms with Crippen molar-refractivity contribution in [1.82, 2.24) is 9.97 Å². The molecule has 0 aliphatic heterocycles. The number of carbonyl (C=O) groups excluding carboxylic acids is 1. The molecule has 8 heteroatoms. The summed E-state index contributed by atoms with van der Waals surface area (Å²) in [6.45, 7) is 0. The third-order valence-electron chi connectivity index (χ3n) is 4.36. The number of pyridine rings is 1. The van der Waals surface area contributed by atoms with Crippen LogP contribution in [0, 0.1) is 0 Å². The van der Waals surface area contributed by atoms with Gasteiger partial charge < -0.3 is 15.2 Å². The molecule has 4 aromatic rings. The van der Waals surface area contributed by atoms with Crippen LogP contribution in [0.5, 0.6) is 11.5 Å². The monoisotopic (exact) mass is 449 g/mol. The van der Waals surface area contributed by atoms with Crippen LogP contribution < -0.4 is 10.1 Å². The van der Waals surface area contributed by atoms with Gasteiger partial charge in [-0.1, -0.05) is 6.07 Å². The van der Waals surface area contributed by atoms with E-state index in [2.05, 4.69) is 10.3 Å². The summed E-state index contributed by atoms with van der Waals surface area (Å²) >= 11 is 2.90. The lowest BCUT2D eigenvalue weighted by molar-refractivity contribution is 0.102. The predicted octanol–water partition coefficient (Wildman–Crippen LogP) is 5.46. The van der Waals surface area contributed by atoms with Gasteiger partial charge in [0.15, 0.2) is 0 Å². The van der Waals surface area contributed by atoms with Crippen molar-refractivity contribution in [2.24, 2.45) is 0 Å². The Kier molecular flexibility index (Phi) is 6.49. The Bertz CT molecular complexity index is 1160. The van der Waals surface area contributed by atoms with Crippen LogP contribution in [0.3, 0.4) is 0 Å². The second-order valence-corrected chi connectivity index (χ2v) is 8.52.